The molecule has 0 atom stereocenters. The summed E-state index contributed by atoms with van der Waals surface area (Å²) in [6, 6.07) is 6.23. The Hall–Kier alpha value is -0.870. The van der Waals surface area contributed by atoms with Crippen LogP contribution in [0.5, 0.6) is 0 Å². The van der Waals surface area contributed by atoms with Crippen LogP contribution in [0.2, 0.25) is 15.2 Å². The van der Waals surface area contributed by atoms with Gasteiger partial charge in [-0.3, -0.25) is 0 Å². The van der Waals surface area contributed by atoms with E-state index < -0.39 is 5.82 Å². The molecule has 1 aromatic heterocycles. The summed E-state index contributed by atoms with van der Waals surface area (Å²) < 4.78 is 13.7. The minimum atomic E-state index is -0.759. The summed E-state index contributed by atoms with van der Waals surface area (Å²) in [5.41, 5.74) is 0.292. The van der Waals surface area contributed by atoms with Crippen LogP contribution < -0.4 is 0 Å². The van der Waals surface area contributed by atoms with Crippen molar-refractivity contribution >= 4 is 57.3 Å². The van der Waals surface area contributed by atoms with Crippen molar-refractivity contribution in [3.8, 4) is 0 Å². The summed E-state index contributed by atoms with van der Waals surface area (Å²) in [4.78, 5) is 7.51. The summed E-state index contributed by atoms with van der Waals surface area (Å²) in [7, 11) is 0. The topological polar surface area (TPSA) is 25.2 Å². The molecule has 0 aliphatic rings. The largest absolute Gasteiger partial charge is 0.241 e. The second-order valence-electron chi connectivity index (χ2n) is 3.43. The maximum Gasteiger partial charge on any atom is 0.186 e. The molecule has 0 aliphatic heterocycles. The number of halogens is 5. The highest BCUT2D eigenvalue weighted by molar-refractivity contribution is 6.71. The Morgan fingerprint density at radius 2 is 1.74 bits per heavy atom. The first-order valence-corrected chi connectivity index (χ1v) is 6.50. The summed E-state index contributed by atoms with van der Waals surface area (Å²) in [5, 5.41) is 0.330. The number of hydrogen-bond acceptors (Lipinski definition) is 2. The first kappa shape index (κ1) is 14.5. The van der Waals surface area contributed by atoms with Gasteiger partial charge in [-0.15, -0.1) is 0 Å². The third-order valence-electron chi connectivity index (χ3n) is 2.21. The van der Waals surface area contributed by atoms with Crippen LogP contribution in [0.1, 0.15) is 5.56 Å². The molecule has 0 saturated carbocycles. The lowest BCUT2D eigenvalue weighted by Gasteiger charge is -2.05. The van der Waals surface area contributed by atoms with E-state index >= 15 is 0 Å². The van der Waals surface area contributed by atoms with E-state index in [2.05, 4.69) is 9.98 Å². The van der Waals surface area contributed by atoms with Gasteiger partial charge in [-0.25, -0.2) is 14.4 Å². The van der Waals surface area contributed by atoms with Crippen molar-refractivity contribution in [3.05, 3.63) is 57.0 Å². The molecule has 0 radical (unpaired) electrons. The van der Waals surface area contributed by atoms with Crippen molar-refractivity contribution in [2.45, 2.75) is 0 Å². The van der Waals surface area contributed by atoms with Gasteiger partial charge < -0.3 is 0 Å². The van der Waals surface area contributed by atoms with Crippen molar-refractivity contribution in [2.75, 3.05) is 0 Å². The van der Waals surface area contributed by atoms with Crippen molar-refractivity contribution in [3.63, 3.8) is 0 Å². The molecule has 19 heavy (non-hydrogen) atoms. The quantitative estimate of drug-likeness (QED) is 0.524. The van der Waals surface area contributed by atoms with Gasteiger partial charge in [-0.1, -0.05) is 52.5 Å². The van der Waals surface area contributed by atoms with Gasteiger partial charge >= 0.3 is 0 Å². The van der Waals surface area contributed by atoms with Gasteiger partial charge in [0.15, 0.2) is 11.0 Å². The molecule has 0 N–H and O–H groups in total. The van der Waals surface area contributed by atoms with Crippen LogP contribution in [0, 0.1) is 5.82 Å². The molecule has 0 fully saturated rings. The van der Waals surface area contributed by atoms with Crippen molar-refractivity contribution in [1.82, 2.24) is 4.98 Å². The molecule has 2 aromatic rings. The summed E-state index contributed by atoms with van der Waals surface area (Å²) in [6.07, 6.45) is 1.32. The summed E-state index contributed by atoms with van der Waals surface area (Å²) in [5.74, 6) is -0.759. The summed E-state index contributed by atoms with van der Waals surface area (Å²) >= 11 is 23.5. The third-order valence-corrected chi connectivity index (χ3v) is 3.38. The Labute approximate surface area is 128 Å². The fraction of sp³-hybridized carbons (Fsp3) is 0. The predicted octanol–water partition coefficient (Wildman–Crippen LogP) is 5.50. The maximum atomic E-state index is 13.7. The van der Waals surface area contributed by atoms with Gasteiger partial charge in [0.2, 0.25) is 0 Å². The van der Waals surface area contributed by atoms with E-state index in [0.717, 1.165) is 0 Å². The number of rotatable bonds is 2. The number of aliphatic imine (C=N–C) groups is 1. The van der Waals surface area contributed by atoms with Crippen LogP contribution in [0.3, 0.4) is 0 Å². The zero-order chi connectivity index (χ0) is 14.0. The highest BCUT2D eigenvalue weighted by atomic mass is 35.5. The smallest absolute Gasteiger partial charge is 0.186 e. The molecule has 7 heteroatoms. The van der Waals surface area contributed by atoms with E-state index in [-0.39, 0.29) is 16.0 Å². The molecule has 0 amide bonds. The van der Waals surface area contributed by atoms with Crippen LogP contribution in [0.15, 0.2) is 35.5 Å². The van der Waals surface area contributed by atoms with Gasteiger partial charge in [0.1, 0.15) is 10.9 Å². The lowest BCUT2D eigenvalue weighted by atomic mass is 10.2. The third kappa shape index (κ3) is 3.18. The average molecular weight is 338 g/mol. The molecule has 1 aromatic carbocycles. The van der Waals surface area contributed by atoms with Crippen LogP contribution in [-0.2, 0) is 0 Å². The van der Waals surface area contributed by atoms with Crippen LogP contribution in [0.25, 0.3) is 0 Å². The van der Waals surface area contributed by atoms with Crippen molar-refractivity contribution in [2.24, 2.45) is 4.99 Å². The molecule has 0 spiro atoms. The molecule has 0 bridgehead atoms. The number of nitrogens with zero attached hydrogens (tertiary/aromatic N) is 2. The zero-order valence-corrected chi connectivity index (χ0v) is 12.2. The second kappa shape index (κ2) is 6.06. The SMILES string of the molecule is Fc1c(N=C(Cl)c2c(Cl)cccc2Cl)ccnc1Cl. The number of aromatic nitrogens is 1. The molecule has 0 aliphatic carbocycles. The molecule has 0 saturated heterocycles. The van der Waals surface area contributed by atoms with Crippen LogP contribution in [-0.4, -0.2) is 10.2 Å². The lowest BCUT2D eigenvalue weighted by Crippen LogP contribution is -1.94. The van der Waals surface area contributed by atoms with Gasteiger partial charge in [-0.2, -0.15) is 0 Å². The Kier molecular flexibility index (Phi) is 4.63. The molecule has 0 unspecified atom stereocenters. The monoisotopic (exact) mass is 336 g/mol. The average Bonchev–Trinajstić information content (AvgIpc) is 2.35. The Balaban J connectivity index is 2.52. The first-order valence-electron chi connectivity index (χ1n) is 4.99. The fourth-order valence-electron chi connectivity index (χ4n) is 1.35. The molecule has 98 valence electrons. The standard InChI is InChI=1S/C12H5Cl4FN2/c13-6-2-1-3-7(14)9(6)11(15)19-8-4-5-18-12(16)10(8)17/h1-5H. The number of benzene rings is 1. The second-order valence-corrected chi connectivity index (χ2v) is 4.96. The molecule has 2 rings (SSSR count). The molecular formula is C12H5Cl4FN2. The number of hydrogen-bond donors (Lipinski definition) is 0. The van der Waals surface area contributed by atoms with Crippen LogP contribution >= 0.6 is 46.4 Å². The highest BCUT2D eigenvalue weighted by Gasteiger charge is 2.13. The Bertz CT molecular complexity index is 638. The minimum absolute atomic E-state index is 0.0308. The summed E-state index contributed by atoms with van der Waals surface area (Å²) in [6.45, 7) is 0. The first-order chi connectivity index (χ1) is 9.00. The van der Waals surface area contributed by atoms with Gasteiger partial charge in [0, 0.05) is 11.8 Å². The van der Waals surface area contributed by atoms with E-state index in [1.807, 2.05) is 0 Å². The van der Waals surface area contributed by atoms with E-state index in [0.29, 0.717) is 15.6 Å². The Morgan fingerprint density at radius 1 is 1.11 bits per heavy atom. The minimum Gasteiger partial charge on any atom is -0.241 e. The highest BCUT2D eigenvalue weighted by Crippen LogP contribution is 2.29. The normalized spacial score (nSPS) is 11.7. The zero-order valence-electron chi connectivity index (χ0n) is 9.17. The Morgan fingerprint density at radius 3 is 2.37 bits per heavy atom. The van der Waals surface area contributed by atoms with Gasteiger partial charge in [0.05, 0.1) is 10.0 Å². The van der Waals surface area contributed by atoms with Gasteiger partial charge in [-0.05, 0) is 18.2 Å². The van der Waals surface area contributed by atoms with E-state index in [4.69, 9.17) is 46.4 Å². The van der Waals surface area contributed by atoms with Crippen molar-refractivity contribution in [1.29, 1.82) is 0 Å². The van der Waals surface area contributed by atoms with E-state index in [1.165, 1.54) is 12.3 Å². The molecule has 2 nitrogen and oxygen atoms in total. The molecule has 1 heterocycles. The molecular weight excluding hydrogens is 333 g/mol. The predicted molar refractivity (Wildman–Crippen MR) is 77.7 cm³/mol. The van der Waals surface area contributed by atoms with Crippen molar-refractivity contribution < 1.29 is 4.39 Å². The van der Waals surface area contributed by atoms with E-state index in [1.54, 1.807) is 18.2 Å². The lowest BCUT2D eigenvalue weighted by molar-refractivity contribution is 0.624. The maximum absolute atomic E-state index is 13.7. The van der Waals surface area contributed by atoms with Crippen LogP contribution in [0.4, 0.5) is 10.1 Å². The van der Waals surface area contributed by atoms with E-state index in [9.17, 15) is 4.39 Å². The fourth-order valence-corrected chi connectivity index (χ4v) is 2.47. The number of pyridine rings is 1. The van der Waals surface area contributed by atoms with Gasteiger partial charge in [0.25, 0.3) is 0 Å².